The van der Waals surface area contributed by atoms with Gasteiger partial charge < -0.3 is 14.5 Å². The number of ether oxygens (including phenoxy) is 1. The van der Waals surface area contributed by atoms with Crippen LogP contribution < -0.4 is 10.1 Å². The van der Waals surface area contributed by atoms with Crippen LogP contribution in [0.5, 0.6) is 5.75 Å². The van der Waals surface area contributed by atoms with Crippen LogP contribution in [0.3, 0.4) is 0 Å². The number of hydrogen-bond donors (Lipinski definition) is 1. The van der Waals surface area contributed by atoms with E-state index in [1.807, 2.05) is 37.3 Å². The van der Waals surface area contributed by atoms with Crippen LogP contribution in [0, 0.1) is 12.8 Å². The van der Waals surface area contributed by atoms with Crippen molar-refractivity contribution in [2.75, 3.05) is 6.54 Å². The number of hydrogen-bond acceptors (Lipinski definition) is 3. The van der Waals surface area contributed by atoms with Crippen LogP contribution in [-0.2, 0) is 13.2 Å². The highest BCUT2D eigenvalue weighted by Crippen LogP contribution is 2.26. The van der Waals surface area contributed by atoms with Gasteiger partial charge in [0.05, 0.1) is 11.6 Å². The maximum atomic E-state index is 6.13. The summed E-state index contributed by atoms with van der Waals surface area (Å²) < 4.78 is 11.4. The molecule has 1 aromatic carbocycles. The molecule has 0 unspecified atom stereocenters. The fraction of sp³-hybridized carbons (Fsp3) is 0.412. The molecule has 21 heavy (non-hydrogen) atoms. The summed E-state index contributed by atoms with van der Waals surface area (Å²) >= 11 is 6.13. The minimum absolute atomic E-state index is 0.382. The second-order valence-corrected chi connectivity index (χ2v) is 6.02. The lowest BCUT2D eigenvalue weighted by Gasteiger charge is -2.07. The average Bonchev–Trinajstić information content (AvgIpc) is 2.85. The summed E-state index contributed by atoms with van der Waals surface area (Å²) in [6, 6.07) is 9.66. The number of rotatable bonds is 7. The minimum atomic E-state index is 0.382. The summed E-state index contributed by atoms with van der Waals surface area (Å²) in [6.07, 6.45) is 0. The van der Waals surface area contributed by atoms with Crippen LogP contribution in [0.1, 0.15) is 30.9 Å². The summed E-state index contributed by atoms with van der Waals surface area (Å²) in [5, 5.41) is 3.97. The maximum Gasteiger partial charge on any atom is 0.146 e. The van der Waals surface area contributed by atoms with Gasteiger partial charge in [-0.05, 0) is 49.2 Å². The van der Waals surface area contributed by atoms with E-state index in [2.05, 4.69) is 19.2 Å². The first-order chi connectivity index (χ1) is 10.0. The van der Waals surface area contributed by atoms with Crippen molar-refractivity contribution in [3.05, 3.63) is 52.4 Å². The van der Waals surface area contributed by atoms with E-state index >= 15 is 0 Å². The normalized spacial score (nSPS) is 11.1. The van der Waals surface area contributed by atoms with Gasteiger partial charge in [0, 0.05) is 0 Å². The second-order valence-electron chi connectivity index (χ2n) is 5.62. The Hall–Kier alpha value is -1.45. The van der Waals surface area contributed by atoms with Gasteiger partial charge in [-0.15, -0.1) is 0 Å². The minimum Gasteiger partial charge on any atom is -0.484 e. The molecule has 1 heterocycles. The number of halogens is 1. The van der Waals surface area contributed by atoms with E-state index in [-0.39, 0.29) is 0 Å². The molecule has 4 heteroatoms. The molecule has 0 amide bonds. The summed E-state index contributed by atoms with van der Waals surface area (Å²) in [6.45, 7) is 8.46. The molecule has 0 atom stereocenters. The fourth-order valence-corrected chi connectivity index (χ4v) is 2.24. The zero-order valence-electron chi connectivity index (χ0n) is 12.8. The molecule has 0 fully saturated rings. The third-order valence-electron chi connectivity index (χ3n) is 3.03. The highest BCUT2D eigenvalue weighted by Gasteiger charge is 2.06. The van der Waals surface area contributed by atoms with E-state index in [0.29, 0.717) is 23.3 Å². The molecule has 3 nitrogen and oxygen atoms in total. The van der Waals surface area contributed by atoms with Gasteiger partial charge in [0.1, 0.15) is 23.9 Å². The number of furan rings is 1. The molecule has 1 aromatic heterocycles. The predicted molar refractivity (Wildman–Crippen MR) is 85.8 cm³/mol. The van der Waals surface area contributed by atoms with E-state index in [1.54, 1.807) is 0 Å². The zero-order chi connectivity index (χ0) is 15.2. The largest absolute Gasteiger partial charge is 0.484 e. The molecule has 0 aliphatic rings. The quantitative estimate of drug-likeness (QED) is 0.814. The highest BCUT2D eigenvalue weighted by molar-refractivity contribution is 6.32. The molecule has 0 aliphatic carbocycles. The fourth-order valence-electron chi connectivity index (χ4n) is 1.95. The average molecular weight is 308 g/mol. The summed E-state index contributed by atoms with van der Waals surface area (Å²) in [5.74, 6) is 3.03. The molecule has 2 aromatic rings. The molecule has 114 valence electrons. The standard InChI is InChI=1S/C17H22ClNO2/c1-12(2)9-19-10-14-5-6-15(21-14)11-20-17-7-4-13(3)8-16(17)18/h4-8,12,19H,9-11H2,1-3H3. The Kier molecular flexibility index (Phi) is 5.71. The maximum absolute atomic E-state index is 6.13. The van der Waals surface area contributed by atoms with Crippen molar-refractivity contribution in [3.63, 3.8) is 0 Å². The SMILES string of the molecule is Cc1ccc(OCc2ccc(CNCC(C)C)o2)c(Cl)c1. The molecule has 0 saturated carbocycles. The van der Waals surface area contributed by atoms with Crippen molar-refractivity contribution in [1.82, 2.24) is 5.32 Å². The van der Waals surface area contributed by atoms with Crippen LogP contribution in [-0.4, -0.2) is 6.54 Å². The molecular formula is C17H22ClNO2. The van der Waals surface area contributed by atoms with Gasteiger partial charge in [0.2, 0.25) is 0 Å². The Balaban J connectivity index is 1.85. The predicted octanol–water partition coefficient (Wildman–Crippen LogP) is 4.57. The van der Waals surface area contributed by atoms with Gasteiger partial charge in [0.15, 0.2) is 0 Å². The van der Waals surface area contributed by atoms with Crippen LogP contribution >= 0.6 is 11.6 Å². The molecule has 0 bridgehead atoms. The molecule has 0 spiro atoms. The van der Waals surface area contributed by atoms with Crippen LogP contribution in [0.15, 0.2) is 34.7 Å². The lowest BCUT2D eigenvalue weighted by Crippen LogP contribution is -2.18. The van der Waals surface area contributed by atoms with Gasteiger partial charge in [-0.1, -0.05) is 31.5 Å². The second kappa shape index (κ2) is 7.53. The third kappa shape index (κ3) is 5.10. The highest BCUT2D eigenvalue weighted by atomic mass is 35.5. The van der Waals surface area contributed by atoms with Crippen molar-refractivity contribution in [2.24, 2.45) is 5.92 Å². The van der Waals surface area contributed by atoms with Gasteiger partial charge in [0.25, 0.3) is 0 Å². The smallest absolute Gasteiger partial charge is 0.146 e. The number of aryl methyl sites for hydroxylation is 1. The molecule has 0 aliphatic heterocycles. The first kappa shape index (κ1) is 15.9. The van der Waals surface area contributed by atoms with E-state index < -0.39 is 0 Å². The van der Waals surface area contributed by atoms with Crippen molar-refractivity contribution in [3.8, 4) is 5.75 Å². The summed E-state index contributed by atoms with van der Waals surface area (Å²) in [5.41, 5.74) is 1.11. The first-order valence-corrected chi connectivity index (χ1v) is 7.59. The topological polar surface area (TPSA) is 34.4 Å². The van der Waals surface area contributed by atoms with Crippen LogP contribution in [0.4, 0.5) is 0 Å². The van der Waals surface area contributed by atoms with Crippen LogP contribution in [0.25, 0.3) is 0 Å². The Morgan fingerprint density at radius 3 is 2.67 bits per heavy atom. The van der Waals surface area contributed by atoms with Crippen LogP contribution in [0.2, 0.25) is 5.02 Å². The lowest BCUT2D eigenvalue weighted by molar-refractivity contribution is 0.265. The Morgan fingerprint density at radius 1 is 1.19 bits per heavy atom. The van der Waals surface area contributed by atoms with E-state index in [1.165, 1.54) is 0 Å². The van der Waals surface area contributed by atoms with Gasteiger partial charge in [-0.2, -0.15) is 0 Å². The van der Waals surface area contributed by atoms with Crippen molar-refractivity contribution >= 4 is 11.6 Å². The van der Waals surface area contributed by atoms with Gasteiger partial charge in [-0.25, -0.2) is 0 Å². The Morgan fingerprint density at radius 2 is 1.95 bits per heavy atom. The lowest BCUT2D eigenvalue weighted by atomic mass is 10.2. The number of benzene rings is 1. The van der Waals surface area contributed by atoms with Gasteiger partial charge in [-0.3, -0.25) is 0 Å². The zero-order valence-corrected chi connectivity index (χ0v) is 13.5. The van der Waals surface area contributed by atoms with E-state index in [4.69, 9.17) is 20.8 Å². The van der Waals surface area contributed by atoms with E-state index in [9.17, 15) is 0 Å². The Bertz CT molecular complexity index is 578. The van der Waals surface area contributed by atoms with Crippen molar-refractivity contribution in [2.45, 2.75) is 33.9 Å². The first-order valence-electron chi connectivity index (χ1n) is 7.22. The molecule has 2 rings (SSSR count). The molecule has 1 N–H and O–H groups in total. The number of nitrogens with one attached hydrogen (secondary N) is 1. The summed E-state index contributed by atoms with van der Waals surface area (Å²) in [4.78, 5) is 0. The van der Waals surface area contributed by atoms with Gasteiger partial charge >= 0.3 is 0 Å². The van der Waals surface area contributed by atoms with E-state index in [0.717, 1.165) is 30.2 Å². The van der Waals surface area contributed by atoms with Crippen molar-refractivity contribution < 1.29 is 9.15 Å². The monoisotopic (exact) mass is 307 g/mol. The summed E-state index contributed by atoms with van der Waals surface area (Å²) in [7, 11) is 0. The molecular weight excluding hydrogens is 286 g/mol. The van der Waals surface area contributed by atoms with Crippen molar-refractivity contribution in [1.29, 1.82) is 0 Å². The third-order valence-corrected chi connectivity index (χ3v) is 3.32. The Labute approximate surface area is 131 Å². The molecule has 0 radical (unpaired) electrons. The molecule has 0 saturated heterocycles.